The van der Waals surface area contributed by atoms with Crippen molar-refractivity contribution >= 4 is 137 Å². The average Bonchev–Trinajstić information content (AvgIpc) is 1.54. The summed E-state index contributed by atoms with van der Waals surface area (Å²) in [6.45, 7) is 27.0. The van der Waals surface area contributed by atoms with E-state index < -0.39 is 34.9 Å². The Labute approximate surface area is 884 Å². The fourth-order valence-corrected chi connectivity index (χ4v) is 19.5. The summed E-state index contributed by atoms with van der Waals surface area (Å²) in [5.74, 6) is 1.38. The van der Waals surface area contributed by atoms with Gasteiger partial charge in [0.2, 0.25) is 23.6 Å². The summed E-state index contributed by atoms with van der Waals surface area (Å²) in [7, 11) is 0. The van der Waals surface area contributed by atoms with Crippen molar-refractivity contribution in [3.8, 4) is 0 Å². The molecule has 4 aromatic rings. The number of halogens is 6. The van der Waals surface area contributed by atoms with Crippen LogP contribution in [0.3, 0.4) is 0 Å². The molecule has 10 saturated carbocycles. The maximum Gasteiger partial charge on any atom is 1.00 e. The third-order valence-corrected chi connectivity index (χ3v) is 27.0. The van der Waals surface area contributed by atoms with Crippen molar-refractivity contribution in [3.63, 3.8) is 0 Å². The van der Waals surface area contributed by atoms with E-state index in [4.69, 9.17) is 49.9 Å². The van der Waals surface area contributed by atoms with Gasteiger partial charge >= 0.3 is 139 Å². The second-order valence-electron chi connectivity index (χ2n) is 40.2. The molecular weight excluding hydrogens is 1960 g/mol. The summed E-state index contributed by atoms with van der Waals surface area (Å²) in [6, 6.07) is 15.0. The summed E-state index contributed by atoms with van der Waals surface area (Å²) < 4.78 is 49.8. The van der Waals surface area contributed by atoms with Gasteiger partial charge in [0.15, 0.2) is 0 Å². The number of carboxylic acids is 2. The van der Waals surface area contributed by atoms with Gasteiger partial charge in [0.05, 0.1) is 22.3 Å². The van der Waals surface area contributed by atoms with Crippen LogP contribution < -0.4 is 139 Å². The number of hydrogen-bond acceptors (Lipinski definition) is 25. The van der Waals surface area contributed by atoms with Gasteiger partial charge < -0.3 is 86.7 Å². The monoisotopic (exact) mass is 2090 g/mol. The number of ether oxygens (including phenoxy) is 3. The minimum atomic E-state index is -5.08. The summed E-state index contributed by atoms with van der Waals surface area (Å²) in [5.41, 5.74) is 7.76. The fraction of sp³-hybridized carbons (Fsp3) is 0.677. The molecule has 0 atom stereocenters. The summed E-state index contributed by atoms with van der Waals surface area (Å²) >= 11 is 9.80. The number of carbonyl (C=O) groups excluding carboxylic acids is 8. The van der Waals surface area contributed by atoms with E-state index in [-0.39, 0.29) is 164 Å². The molecule has 6 N–H and O–H groups in total. The zero-order chi connectivity index (χ0) is 94.4. The van der Waals surface area contributed by atoms with Gasteiger partial charge in [0, 0.05) is 133 Å². The molecule has 0 aromatic carbocycles. The predicted octanol–water partition coefficient (Wildman–Crippen LogP) is 8.72. The van der Waals surface area contributed by atoms with E-state index in [0.717, 1.165) is 114 Å². The Bertz CT molecular complexity index is 4610. The summed E-state index contributed by atoms with van der Waals surface area (Å²) in [5, 5.41) is 32.1. The second kappa shape index (κ2) is 48.5. The minimum Gasteiger partial charge on any atom is -1.00 e. The van der Waals surface area contributed by atoms with Gasteiger partial charge in [-0.1, -0.05) is 19.3 Å². The third kappa shape index (κ3) is 34.1. The zero-order valence-electron chi connectivity index (χ0n) is 79.3. The number of carboxylic acid groups (broad SMARTS) is 2. The second-order valence-corrected chi connectivity index (χ2v) is 42.6. The predicted molar refractivity (Wildman–Crippen MR) is 492 cm³/mol. The molecule has 0 bridgehead atoms. The number of aromatic nitrogens is 4. The number of likely N-dealkylation sites (tertiary alicyclic amines) is 1. The fourth-order valence-electron chi connectivity index (χ4n) is 17.9. The zero-order valence-corrected chi connectivity index (χ0v) is 89.3. The van der Waals surface area contributed by atoms with E-state index in [1.807, 2.05) is 89.1 Å². The first kappa shape index (κ1) is 110. The molecule has 4 saturated heterocycles. The number of piperazine rings is 3. The van der Waals surface area contributed by atoms with Crippen LogP contribution in [0, 0.1) is 39.9 Å². The van der Waals surface area contributed by atoms with Crippen LogP contribution in [0.15, 0.2) is 62.3 Å². The van der Waals surface area contributed by atoms with Gasteiger partial charge in [-0.3, -0.25) is 24.0 Å². The first-order valence-corrected chi connectivity index (χ1v) is 48.3. The van der Waals surface area contributed by atoms with Crippen LogP contribution in [0.4, 0.5) is 42.3 Å². The molecule has 718 valence electrons. The molecule has 14 aliphatic rings. The van der Waals surface area contributed by atoms with Gasteiger partial charge in [-0.05, 0) is 323 Å². The maximum absolute atomic E-state index is 12.8. The van der Waals surface area contributed by atoms with Crippen molar-refractivity contribution in [2.45, 2.75) is 270 Å². The number of aromatic carboxylic acids is 1. The summed E-state index contributed by atoms with van der Waals surface area (Å²) in [6.07, 6.45) is 27.0. The third-order valence-electron chi connectivity index (χ3n) is 25.8. The van der Waals surface area contributed by atoms with Crippen LogP contribution in [-0.4, -0.2) is 242 Å². The summed E-state index contributed by atoms with van der Waals surface area (Å²) in [4.78, 5) is 149. The average molecular weight is 2090 g/mol. The first-order chi connectivity index (χ1) is 61.3. The Hall–Kier alpha value is -5.28. The molecule has 0 unspecified atom stereocenters. The van der Waals surface area contributed by atoms with Crippen molar-refractivity contribution < 1.29 is 200 Å². The number of nitrogens with one attached hydrogen (secondary N) is 2. The number of nitrogens with zero attached hydrogens (tertiary/aromatic N) is 11. The number of amides is 4. The van der Waals surface area contributed by atoms with Crippen molar-refractivity contribution in [1.82, 2.24) is 39.5 Å². The number of esters is 3. The van der Waals surface area contributed by atoms with Crippen LogP contribution in [0.25, 0.3) is 0 Å². The van der Waals surface area contributed by atoms with E-state index in [2.05, 4.69) is 92.9 Å². The number of pyridine rings is 4. The number of aliphatic carboxylic acids is 1. The molecule has 10 aliphatic carbocycles. The van der Waals surface area contributed by atoms with Gasteiger partial charge in [-0.15, -0.1) is 0 Å². The van der Waals surface area contributed by atoms with Gasteiger partial charge in [-0.25, -0.2) is 43.9 Å². The molecule has 18 rings (SSSR count). The van der Waals surface area contributed by atoms with Crippen molar-refractivity contribution in [2.75, 3.05) is 117 Å². The van der Waals surface area contributed by atoms with E-state index in [0.29, 0.717) is 141 Å². The van der Waals surface area contributed by atoms with Gasteiger partial charge in [0.1, 0.15) is 59.7 Å². The van der Waals surface area contributed by atoms with Crippen LogP contribution in [-0.2, 0) is 47.9 Å². The largest absolute Gasteiger partial charge is 1.00 e. The topological polar surface area (TPSA) is 395 Å². The molecule has 4 aliphatic heterocycles. The molecule has 8 heterocycles. The molecular formula is C93H130Br3F3K2N14O17. The number of rotatable bonds is 16. The Morgan fingerprint density at radius 1 is 0.424 bits per heavy atom. The number of anilines is 5. The normalized spacial score (nSPS) is 21.1. The van der Waals surface area contributed by atoms with E-state index in [1.54, 1.807) is 36.4 Å². The molecule has 132 heavy (non-hydrogen) atoms. The Balaban J connectivity index is 0.000000199. The molecule has 39 heteroatoms. The molecule has 4 aromatic heterocycles. The van der Waals surface area contributed by atoms with E-state index >= 15 is 0 Å². The SMILES string of the molecule is CC(C)(C)OC(=O)c1cc(Br)nc(Br)c1.CC(C)(C)OC(=O)c1cc(Br)nc(N2CCN(C(=O)C3CC3)CC2)c1.CC(C)(C)OC(=O)c1cc(NC2CC3(CCC3)C2)nc(N2CCN(C(=O)C3CC3)CC2)c1.NC1CC2(CCC2)C1.O=C(C1CC1)N1CCCCC1.O=C(O)C(F)(F)F.O=C(O)c1cc(NC2CC3(CCC3)C2)nc(N2CCN(C(=O)C3CC3)CC2)c1.O=CO[O-].[H-].[K+].[K+]. The number of nitrogens with two attached hydrogens (primary N) is 1. The smallest absolute Gasteiger partial charge is 1.00 e. The molecule has 31 nitrogen and oxygen atoms in total. The van der Waals surface area contributed by atoms with Gasteiger partial charge in [0.25, 0.3) is 6.47 Å². The van der Waals surface area contributed by atoms with Gasteiger partial charge in [-0.2, -0.15) is 13.2 Å². The standard InChI is InChI=1S/C25H36N4O3.C21H28N4O3.C18H24BrN3O3.C10H11Br2NO2.C9H15NO.C7H13N.C2HF3O2.CH2O3.2K.H/c1-24(2,3)32-23(31)18-13-20(26-19-15-25(16-19)7-4-8-25)27-21(14-18)28-9-11-29(12-10-28)22(30)17-5-6-17;26-19(14-2-3-14)25-8-6-24(7-9-25)18-11-15(20(27)28)10-17(23-18)22-16-12-21(13-16)4-1-5-21;1-18(2,3)25-17(24)13-10-14(19)20-15(11-13)21-6-8-22(9-7-21)16(23)12-4-5-12;1-10(2,3)15-9(14)6-4-7(11)13-8(12)5-6;11-9(8-4-5-8)10-6-2-1-3-7-10;8-6-4-7(5-6)2-1-3-7;3-2(4,5)1(6)7;2-1-4-3;;;/h13-14,17,19H,4-12,15-16H2,1-3H3,(H,26,27);10-11,14,16H,1-9,12-13H2,(H,22,23)(H,27,28);10-12H,4-9H2,1-3H3;4-5H,1-3H3;8H,1-7H2;6H,1-5,8H2;(H,6,7);1,3H;;;/q;;;;;;;;2*+1;-1/p-1. The number of hydrogen-bond donors (Lipinski definition) is 5. The first-order valence-electron chi connectivity index (χ1n) is 46.0. The molecule has 3 spiro atoms. The Morgan fingerprint density at radius 3 is 0.947 bits per heavy atom. The molecule has 14 fully saturated rings. The quantitative estimate of drug-likeness (QED) is 0.0133. The van der Waals surface area contributed by atoms with E-state index in [1.165, 1.54) is 116 Å². The number of carbonyl (C=O) groups is 10. The van der Waals surface area contributed by atoms with E-state index in [9.17, 15) is 56.6 Å². The van der Waals surface area contributed by atoms with Crippen molar-refractivity contribution in [2.24, 2.45) is 45.7 Å². The van der Waals surface area contributed by atoms with Crippen molar-refractivity contribution in [3.05, 3.63) is 84.6 Å². The number of piperidine rings is 1. The van der Waals surface area contributed by atoms with Crippen LogP contribution in [0.2, 0.25) is 0 Å². The Morgan fingerprint density at radius 2 is 0.689 bits per heavy atom. The van der Waals surface area contributed by atoms with Crippen LogP contribution >= 0.6 is 47.8 Å². The maximum atomic E-state index is 12.8. The molecule has 0 radical (unpaired) electrons. The molecule has 4 amide bonds. The minimum absolute atomic E-state index is 0. The van der Waals surface area contributed by atoms with Crippen LogP contribution in [0.1, 0.15) is 272 Å². The number of alkyl halides is 3. The van der Waals surface area contributed by atoms with Crippen molar-refractivity contribution in [1.29, 1.82) is 0 Å². The van der Waals surface area contributed by atoms with Crippen LogP contribution in [0.5, 0.6) is 0 Å². The Kier molecular flexibility index (Phi) is 40.6.